The molecule has 1 saturated heterocycles. The van der Waals surface area contributed by atoms with E-state index < -0.39 is 17.2 Å². The van der Waals surface area contributed by atoms with Crippen LogP contribution in [-0.2, 0) is 4.74 Å². The zero-order valence-electron chi connectivity index (χ0n) is 14.9. The predicted octanol–water partition coefficient (Wildman–Crippen LogP) is 4.53. The standard InChI is InChI=1S/C19H23F2NO3/c1-19(2,3)25-18(23)22-12-5-6-13(22)8-11(7-12)14-9-15(20)16(21)10-17(14)24-4/h7,9-10,12-13H,5-6,8H2,1-4H3. The number of carbonyl (C=O) groups excluding carboxylic acids is 1. The van der Waals surface area contributed by atoms with E-state index in [1.165, 1.54) is 13.2 Å². The monoisotopic (exact) mass is 351 g/mol. The zero-order valence-corrected chi connectivity index (χ0v) is 14.9. The molecule has 3 rings (SSSR count). The first kappa shape index (κ1) is 17.7. The summed E-state index contributed by atoms with van der Waals surface area (Å²) in [6.07, 6.45) is 3.88. The minimum atomic E-state index is -0.935. The Morgan fingerprint density at radius 2 is 1.88 bits per heavy atom. The van der Waals surface area contributed by atoms with E-state index in [1.54, 1.807) is 4.90 Å². The highest BCUT2D eigenvalue weighted by Crippen LogP contribution is 2.42. The number of nitrogens with zero attached hydrogens (tertiary/aromatic N) is 1. The Kier molecular flexibility index (Phi) is 4.47. The van der Waals surface area contributed by atoms with Gasteiger partial charge >= 0.3 is 6.09 Å². The van der Waals surface area contributed by atoms with Crippen molar-refractivity contribution in [3.05, 3.63) is 35.4 Å². The summed E-state index contributed by atoms with van der Waals surface area (Å²) >= 11 is 0. The van der Waals surface area contributed by atoms with Crippen LogP contribution < -0.4 is 4.74 Å². The van der Waals surface area contributed by atoms with Gasteiger partial charge in [-0.2, -0.15) is 0 Å². The van der Waals surface area contributed by atoms with Crippen LogP contribution in [0.1, 0.15) is 45.6 Å². The normalized spacial score (nSPS) is 22.6. The Labute approximate surface area is 146 Å². The van der Waals surface area contributed by atoms with Crippen molar-refractivity contribution in [3.63, 3.8) is 0 Å². The van der Waals surface area contributed by atoms with E-state index in [-0.39, 0.29) is 18.2 Å². The van der Waals surface area contributed by atoms with E-state index in [4.69, 9.17) is 9.47 Å². The van der Waals surface area contributed by atoms with Gasteiger partial charge in [-0.1, -0.05) is 6.08 Å². The van der Waals surface area contributed by atoms with Crippen LogP contribution in [-0.4, -0.2) is 35.8 Å². The fraction of sp³-hybridized carbons (Fsp3) is 0.526. The molecule has 0 aromatic heterocycles. The van der Waals surface area contributed by atoms with Crippen LogP contribution in [0.15, 0.2) is 18.2 Å². The Morgan fingerprint density at radius 1 is 1.20 bits per heavy atom. The molecule has 0 saturated carbocycles. The van der Waals surface area contributed by atoms with Crippen LogP contribution in [0, 0.1) is 11.6 Å². The number of methoxy groups -OCH3 is 1. The number of carbonyl (C=O) groups is 1. The first-order valence-corrected chi connectivity index (χ1v) is 8.45. The highest BCUT2D eigenvalue weighted by Gasteiger charge is 2.42. The molecular formula is C19H23F2NO3. The van der Waals surface area contributed by atoms with Gasteiger partial charge in [-0.15, -0.1) is 0 Å². The molecule has 2 aliphatic heterocycles. The van der Waals surface area contributed by atoms with Gasteiger partial charge in [-0.3, -0.25) is 4.90 Å². The minimum Gasteiger partial charge on any atom is -0.496 e. The van der Waals surface area contributed by atoms with Crippen LogP contribution in [0.2, 0.25) is 0 Å². The average molecular weight is 351 g/mol. The van der Waals surface area contributed by atoms with Gasteiger partial charge in [0.05, 0.1) is 13.2 Å². The fourth-order valence-electron chi connectivity index (χ4n) is 3.58. The van der Waals surface area contributed by atoms with Gasteiger partial charge < -0.3 is 9.47 Å². The van der Waals surface area contributed by atoms with Crippen LogP contribution in [0.4, 0.5) is 13.6 Å². The maximum Gasteiger partial charge on any atom is 0.411 e. The molecule has 2 bridgehead atoms. The largest absolute Gasteiger partial charge is 0.496 e. The number of amides is 1. The third-order valence-corrected chi connectivity index (χ3v) is 4.59. The number of hydrogen-bond donors (Lipinski definition) is 0. The van der Waals surface area contributed by atoms with Crippen molar-refractivity contribution in [2.75, 3.05) is 7.11 Å². The lowest BCUT2D eigenvalue weighted by Gasteiger charge is -2.35. The molecular weight excluding hydrogens is 328 g/mol. The van der Waals surface area contributed by atoms with Gasteiger partial charge in [0.25, 0.3) is 0 Å². The second-order valence-corrected chi connectivity index (χ2v) is 7.55. The lowest BCUT2D eigenvalue weighted by Crippen LogP contribution is -2.45. The molecule has 1 aromatic rings. The number of fused-ring (bicyclic) bond motifs is 2. The van der Waals surface area contributed by atoms with Crippen LogP contribution >= 0.6 is 0 Å². The molecule has 4 nitrogen and oxygen atoms in total. The summed E-state index contributed by atoms with van der Waals surface area (Å²) in [5.41, 5.74) is 0.870. The van der Waals surface area contributed by atoms with Crippen molar-refractivity contribution in [1.82, 2.24) is 4.90 Å². The maximum absolute atomic E-state index is 13.7. The molecule has 0 radical (unpaired) electrons. The summed E-state index contributed by atoms with van der Waals surface area (Å²) in [7, 11) is 1.43. The van der Waals surface area contributed by atoms with Crippen LogP contribution in [0.5, 0.6) is 5.75 Å². The molecule has 1 fully saturated rings. The van der Waals surface area contributed by atoms with E-state index in [0.717, 1.165) is 24.5 Å². The Morgan fingerprint density at radius 3 is 2.48 bits per heavy atom. The number of halogens is 2. The lowest BCUT2D eigenvalue weighted by atomic mass is 9.94. The first-order valence-electron chi connectivity index (χ1n) is 8.45. The molecule has 1 amide bonds. The van der Waals surface area contributed by atoms with E-state index in [9.17, 15) is 13.6 Å². The van der Waals surface area contributed by atoms with Crippen molar-refractivity contribution in [2.45, 2.75) is 57.7 Å². The summed E-state index contributed by atoms with van der Waals surface area (Å²) in [4.78, 5) is 14.2. The summed E-state index contributed by atoms with van der Waals surface area (Å²) < 4.78 is 37.9. The van der Waals surface area contributed by atoms with Gasteiger partial charge in [-0.25, -0.2) is 13.6 Å². The molecule has 1 aromatic carbocycles. The molecule has 136 valence electrons. The van der Waals surface area contributed by atoms with Crippen molar-refractivity contribution < 1.29 is 23.0 Å². The third-order valence-electron chi connectivity index (χ3n) is 4.59. The molecule has 0 aliphatic carbocycles. The SMILES string of the molecule is COc1cc(F)c(F)cc1C1=CC2CCC(C1)N2C(=O)OC(C)(C)C. The first-order chi connectivity index (χ1) is 11.7. The number of ether oxygens (including phenoxy) is 2. The highest BCUT2D eigenvalue weighted by molar-refractivity contribution is 5.77. The number of rotatable bonds is 2. The fourth-order valence-corrected chi connectivity index (χ4v) is 3.58. The van der Waals surface area contributed by atoms with E-state index in [2.05, 4.69) is 0 Å². The van der Waals surface area contributed by atoms with Crippen molar-refractivity contribution in [3.8, 4) is 5.75 Å². The number of hydrogen-bond acceptors (Lipinski definition) is 3. The zero-order chi connectivity index (χ0) is 18.4. The lowest BCUT2D eigenvalue weighted by molar-refractivity contribution is 0.0175. The molecule has 2 unspecified atom stereocenters. The Hall–Kier alpha value is -2.11. The minimum absolute atomic E-state index is 0.00216. The summed E-state index contributed by atoms with van der Waals surface area (Å²) in [5.74, 6) is -1.54. The van der Waals surface area contributed by atoms with Crippen LogP contribution in [0.25, 0.3) is 5.57 Å². The average Bonchev–Trinajstić information content (AvgIpc) is 2.78. The van der Waals surface area contributed by atoms with E-state index in [1.807, 2.05) is 26.8 Å². The highest BCUT2D eigenvalue weighted by atomic mass is 19.2. The molecule has 0 spiro atoms. The van der Waals surface area contributed by atoms with Crippen molar-refractivity contribution in [2.24, 2.45) is 0 Å². The maximum atomic E-state index is 13.7. The predicted molar refractivity (Wildman–Crippen MR) is 90.4 cm³/mol. The van der Waals surface area contributed by atoms with E-state index >= 15 is 0 Å². The quantitative estimate of drug-likeness (QED) is 0.786. The third kappa shape index (κ3) is 3.48. The molecule has 25 heavy (non-hydrogen) atoms. The topological polar surface area (TPSA) is 38.8 Å². The molecule has 0 N–H and O–H groups in total. The summed E-state index contributed by atoms with van der Waals surface area (Å²) in [5, 5.41) is 0. The molecule has 2 heterocycles. The van der Waals surface area contributed by atoms with Gasteiger partial charge in [0.1, 0.15) is 11.4 Å². The smallest absolute Gasteiger partial charge is 0.411 e. The molecule has 6 heteroatoms. The Balaban J connectivity index is 1.90. The van der Waals surface area contributed by atoms with Crippen molar-refractivity contribution >= 4 is 11.7 Å². The molecule has 2 atom stereocenters. The van der Waals surface area contributed by atoms with Crippen LogP contribution in [0.3, 0.4) is 0 Å². The molecule has 2 aliphatic rings. The van der Waals surface area contributed by atoms with Gasteiger partial charge in [0.15, 0.2) is 11.6 Å². The second kappa shape index (κ2) is 6.32. The van der Waals surface area contributed by atoms with Gasteiger partial charge in [0.2, 0.25) is 0 Å². The van der Waals surface area contributed by atoms with Gasteiger partial charge in [-0.05, 0) is 51.7 Å². The summed E-state index contributed by atoms with van der Waals surface area (Å²) in [6.45, 7) is 5.51. The van der Waals surface area contributed by atoms with Gasteiger partial charge in [0, 0.05) is 17.7 Å². The number of benzene rings is 1. The second-order valence-electron chi connectivity index (χ2n) is 7.55. The summed E-state index contributed by atoms with van der Waals surface area (Å²) in [6, 6.07) is 2.13. The van der Waals surface area contributed by atoms with Crippen molar-refractivity contribution in [1.29, 1.82) is 0 Å². The Bertz CT molecular complexity index is 724. The van der Waals surface area contributed by atoms with E-state index in [0.29, 0.717) is 17.7 Å².